The summed E-state index contributed by atoms with van der Waals surface area (Å²) >= 11 is 0. The Morgan fingerprint density at radius 1 is 1.50 bits per heavy atom. The highest BCUT2D eigenvalue weighted by Gasteiger charge is 2.35. The third kappa shape index (κ3) is 2.92. The summed E-state index contributed by atoms with van der Waals surface area (Å²) in [6.07, 6.45) is 4.98. The van der Waals surface area contributed by atoms with E-state index in [0.29, 0.717) is 11.5 Å². The Morgan fingerprint density at radius 3 is 2.70 bits per heavy atom. The van der Waals surface area contributed by atoms with Crippen LogP contribution in [0.2, 0.25) is 0 Å². The molecule has 2 rings (SSSR count). The molecular formula is C15H23N3O2. The van der Waals surface area contributed by atoms with Crippen molar-refractivity contribution in [3.05, 3.63) is 17.7 Å². The van der Waals surface area contributed by atoms with Gasteiger partial charge in [-0.3, -0.25) is 0 Å². The summed E-state index contributed by atoms with van der Waals surface area (Å²) in [5.41, 5.74) is 0.778. The minimum atomic E-state index is -1.01. The van der Waals surface area contributed by atoms with Crippen LogP contribution in [0.3, 0.4) is 0 Å². The highest BCUT2D eigenvalue weighted by atomic mass is 16.4. The lowest BCUT2D eigenvalue weighted by Gasteiger charge is -2.29. The van der Waals surface area contributed by atoms with Crippen molar-refractivity contribution in [3.63, 3.8) is 0 Å². The highest BCUT2D eigenvalue weighted by Crippen LogP contribution is 2.39. The lowest BCUT2D eigenvalue weighted by Crippen LogP contribution is -2.31. The summed E-state index contributed by atoms with van der Waals surface area (Å²) in [5, 5.41) is 12.7. The van der Waals surface area contributed by atoms with Crippen molar-refractivity contribution in [3.8, 4) is 0 Å². The van der Waals surface area contributed by atoms with Crippen molar-refractivity contribution >= 4 is 11.7 Å². The van der Waals surface area contributed by atoms with Crippen LogP contribution in [0.5, 0.6) is 0 Å². The van der Waals surface area contributed by atoms with E-state index in [0.717, 1.165) is 19.3 Å². The van der Waals surface area contributed by atoms with Crippen molar-refractivity contribution in [2.45, 2.75) is 58.9 Å². The van der Waals surface area contributed by atoms with Crippen LogP contribution in [0.15, 0.2) is 6.20 Å². The molecule has 0 aromatic carbocycles. The van der Waals surface area contributed by atoms with Gasteiger partial charge in [-0.1, -0.05) is 34.1 Å². The number of aromatic carboxylic acids is 1. The second-order valence-corrected chi connectivity index (χ2v) is 6.53. The van der Waals surface area contributed by atoms with E-state index < -0.39 is 5.97 Å². The molecule has 0 aliphatic heterocycles. The van der Waals surface area contributed by atoms with E-state index in [9.17, 15) is 9.90 Å². The predicted molar refractivity (Wildman–Crippen MR) is 78.1 cm³/mol. The molecule has 0 bridgehead atoms. The molecule has 1 heterocycles. The summed E-state index contributed by atoms with van der Waals surface area (Å²) < 4.78 is 0. The van der Waals surface area contributed by atoms with Gasteiger partial charge in [-0.25, -0.2) is 14.8 Å². The summed E-state index contributed by atoms with van der Waals surface area (Å²) in [6.45, 7) is 8.32. The van der Waals surface area contributed by atoms with E-state index in [1.165, 1.54) is 0 Å². The van der Waals surface area contributed by atoms with Crippen molar-refractivity contribution in [1.82, 2.24) is 9.97 Å². The molecule has 5 nitrogen and oxygen atoms in total. The maximum atomic E-state index is 11.4. The fraction of sp³-hybridized carbons (Fsp3) is 0.667. The number of hydrogen-bond acceptors (Lipinski definition) is 4. The van der Waals surface area contributed by atoms with Gasteiger partial charge in [0.2, 0.25) is 0 Å². The molecule has 5 heteroatoms. The second-order valence-electron chi connectivity index (χ2n) is 6.53. The lowest BCUT2D eigenvalue weighted by molar-refractivity contribution is 0.0691. The Labute approximate surface area is 119 Å². The van der Waals surface area contributed by atoms with Gasteiger partial charge in [0.15, 0.2) is 5.69 Å². The number of hydrogen-bond donors (Lipinski definition) is 2. The summed E-state index contributed by atoms with van der Waals surface area (Å²) in [6, 6.07) is 0.272. The Hall–Kier alpha value is -1.65. The number of rotatable bonds is 4. The van der Waals surface area contributed by atoms with E-state index in [1.54, 1.807) is 6.20 Å². The third-order valence-electron chi connectivity index (χ3n) is 4.11. The fourth-order valence-electron chi connectivity index (χ4n) is 2.72. The molecule has 0 radical (unpaired) electrons. The third-order valence-corrected chi connectivity index (χ3v) is 4.11. The lowest BCUT2D eigenvalue weighted by atomic mass is 9.87. The molecule has 0 amide bonds. The topological polar surface area (TPSA) is 75.1 Å². The minimum absolute atomic E-state index is 0.0754. The van der Waals surface area contributed by atoms with Crippen LogP contribution in [0.4, 0.5) is 5.69 Å². The fourth-order valence-corrected chi connectivity index (χ4v) is 2.72. The van der Waals surface area contributed by atoms with Crippen LogP contribution in [0.1, 0.15) is 69.2 Å². The van der Waals surface area contributed by atoms with E-state index in [4.69, 9.17) is 0 Å². The van der Waals surface area contributed by atoms with Gasteiger partial charge in [-0.15, -0.1) is 0 Å². The maximum Gasteiger partial charge on any atom is 0.356 e. The Bertz CT molecular complexity index is 512. The minimum Gasteiger partial charge on any atom is -0.476 e. The van der Waals surface area contributed by atoms with Gasteiger partial charge in [0, 0.05) is 12.0 Å². The molecule has 1 atom stereocenters. The zero-order valence-corrected chi connectivity index (χ0v) is 12.6. The number of anilines is 1. The molecule has 1 aromatic rings. The van der Waals surface area contributed by atoms with Crippen molar-refractivity contribution in [1.29, 1.82) is 0 Å². The largest absolute Gasteiger partial charge is 0.476 e. The van der Waals surface area contributed by atoms with Gasteiger partial charge < -0.3 is 10.4 Å². The first-order valence-electron chi connectivity index (χ1n) is 7.18. The van der Waals surface area contributed by atoms with E-state index in [1.807, 2.05) is 13.8 Å². The molecule has 20 heavy (non-hydrogen) atoms. The van der Waals surface area contributed by atoms with Crippen LogP contribution >= 0.6 is 0 Å². The highest BCUT2D eigenvalue weighted by molar-refractivity contribution is 5.91. The van der Waals surface area contributed by atoms with Crippen LogP contribution in [0, 0.1) is 5.41 Å². The number of carbonyl (C=O) groups is 1. The molecule has 110 valence electrons. The smallest absolute Gasteiger partial charge is 0.356 e. The Balaban J connectivity index is 2.29. The van der Waals surface area contributed by atoms with E-state index in [2.05, 4.69) is 29.1 Å². The standard InChI is InChI=1S/C15H23N3O2/c1-9(2)13-16-8-10(12(18-13)14(19)20)17-11-6-5-7-15(11,3)4/h8-9,11,17H,5-7H2,1-4H3,(H,19,20). The zero-order valence-electron chi connectivity index (χ0n) is 12.6. The monoisotopic (exact) mass is 277 g/mol. The zero-order chi connectivity index (χ0) is 14.9. The maximum absolute atomic E-state index is 11.4. The predicted octanol–water partition coefficient (Wildman–Crippen LogP) is 3.29. The van der Waals surface area contributed by atoms with Crippen LogP contribution in [-0.4, -0.2) is 27.1 Å². The van der Waals surface area contributed by atoms with Crippen molar-refractivity contribution < 1.29 is 9.90 Å². The molecule has 1 unspecified atom stereocenters. The first kappa shape index (κ1) is 14.8. The first-order valence-corrected chi connectivity index (χ1v) is 7.18. The van der Waals surface area contributed by atoms with Crippen LogP contribution < -0.4 is 5.32 Å². The number of nitrogens with one attached hydrogen (secondary N) is 1. The average Bonchev–Trinajstić information content (AvgIpc) is 2.68. The molecule has 1 aromatic heterocycles. The number of aromatic nitrogens is 2. The normalized spacial score (nSPS) is 21.1. The van der Waals surface area contributed by atoms with Crippen LogP contribution in [0.25, 0.3) is 0 Å². The molecule has 1 aliphatic rings. The SMILES string of the molecule is CC(C)c1ncc(NC2CCCC2(C)C)c(C(=O)O)n1. The summed E-state index contributed by atoms with van der Waals surface area (Å²) in [7, 11) is 0. The first-order chi connectivity index (χ1) is 9.31. The average molecular weight is 277 g/mol. The number of carboxylic acid groups (broad SMARTS) is 1. The Kier molecular flexibility index (Phi) is 3.97. The summed E-state index contributed by atoms with van der Waals surface area (Å²) in [4.78, 5) is 19.9. The van der Waals surface area contributed by atoms with E-state index >= 15 is 0 Å². The van der Waals surface area contributed by atoms with E-state index in [-0.39, 0.29) is 23.1 Å². The van der Waals surface area contributed by atoms with Gasteiger partial charge in [0.05, 0.1) is 11.9 Å². The molecule has 1 aliphatic carbocycles. The van der Waals surface area contributed by atoms with Crippen LogP contribution in [-0.2, 0) is 0 Å². The molecule has 1 saturated carbocycles. The number of nitrogens with zero attached hydrogens (tertiary/aromatic N) is 2. The molecular weight excluding hydrogens is 254 g/mol. The van der Waals surface area contributed by atoms with Crippen molar-refractivity contribution in [2.75, 3.05) is 5.32 Å². The quantitative estimate of drug-likeness (QED) is 0.883. The molecule has 1 fully saturated rings. The molecule has 0 spiro atoms. The van der Waals surface area contributed by atoms with Crippen molar-refractivity contribution in [2.24, 2.45) is 5.41 Å². The number of carboxylic acids is 1. The van der Waals surface area contributed by atoms with Gasteiger partial charge >= 0.3 is 5.97 Å². The van der Waals surface area contributed by atoms with Gasteiger partial charge in [-0.2, -0.15) is 0 Å². The molecule has 2 N–H and O–H groups in total. The van der Waals surface area contributed by atoms with Gasteiger partial charge in [0.1, 0.15) is 5.82 Å². The summed E-state index contributed by atoms with van der Waals surface area (Å²) in [5.74, 6) is -0.323. The molecule has 0 saturated heterocycles. The van der Waals surface area contributed by atoms with Gasteiger partial charge in [0.25, 0.3) is 0 Å². The van der Waals surface area contributed by atoms with Gasteiger partial charge in [-0.05, 0) is 18.3 Å². The second kappa shape index (κ2) is 5.38. The Morgan fingerprint density at radius 2 is 2.20 bits per heavy atom.